The van der Waals surface area contributed by atoms with Crippen LogP contribution < -0.4 is 0 Å². The average Bonchev–Trinajstić information content (AvgIpc) is 3.89. The molecule has 0 saturated carbocycles. The number of hydrogen-bond donors (Lipinski definition) is 0. The summed E-state index contributed by atoms with van der Waals surface area (Å²) in [6.07, 6.45) is 0. The molecule has 0 radical (unpaired) electrons. The highest BCUT2D eigenvalue weighted by molar-refractivity contribution is 7.27. The summed E-state index contributed by atoms with van der Waals surface area (Å²) < 4.78 is 23.4. The van der Waals surface area contributed by atoms with Gasteiger partial charge in [0.15, 0.2) is 11.2 Å². The number of rotatable bonds is 2. The number of thiophene rings is 2. The van der Waals surface area contributed by atoms with Crippen LogP contribution in [0.1, 0.15) is 22.3 Å². The lowest BCUT2D eigenvalue weighted by molar-refractivity contribution is 0.667. The van der Waals surface area contributed by atoms with Crippen LogP contribution in [0.25, 0.3) is 96.1 Å². The van der Waals surface area contributed by atoms with Crippen LogP contribution in [0, 0.1) is 27.7 Å². The standard InChI is InChI=1S/C42H28N2O2S2/c1-21-5-11-25(12-6-21)43-31-17-23(3)9-15-27(31)40-37(43)39-41(48-40)30-20-32-29(19-33(30)46-39)35-38(45-32)42-36(28-16-10-24(4)18-34(28)47-42)44(35)26-13-7-22(2)8-14-26/h5-20H,1-4H3. The summed E-state index contributed by atoms with van der Waals surface area (Å²) in [5.41, 5.74) is 15.5. The molecule has 0 amide bonds. The maximum atomic E-state index is 6.92. The van der Waals surface area contributed by atoms with Crippen LogP contribution in [-0.2, 0) is 0 Å². The van der Waals surface area contributed by atoms with Gasteiger partial charge in [-0.25, -0.2) is 0 Å². The minimum atomic E-state index is 0.880. The van der Waals surface area contributed by atoms with Crippen molar-refractivity contribution in [3.63, 3.8) is 0 Å². The first-order valence-electron chi connectivity index (χ1n) is 16.2. The number of benzene rings is 5. The van der Waals surface area contributed by atoms with Crippen molar-refractivity contribution in [2.24, 2.45) is 0 Å². The Labute approximate surface area is 282 Å². The molecule has 0 atom stereocenters. The summed E-state index contributed by atoms with van der Waals surface area (Å²) in [6, 6.07) is 35.5. The number of hydrogen-bond acceptors (Lipinski definition) is 4. The molecule has 6 aromatic heterocycles. The Morgan fingerprint density at radius 2 is 1.02 bits per heavy atom. The van der Waals surface area contributed by atoms with Gasteiger partial charge in [-0.05, 0) is 87.4 Å². The van der Waals surface area contributed by atoms with Gasteiger partial charge in [0.1, 0.15) is 22.2 Å². The highest BCUT2D eigenvalue weighted by atomic mass is 32.1. The summed E-state index contributed by atoms with van der Waals surface area (Å²) in [4.78, 5) is 0. The molecule has 6 heteroatoms. The van der Waals surface area contributed by atoms with E-state index in [1.807, 2.05) is 22.7 Å². The van der Waals surface area contributed by atoms with Crippen LogP contribution in [0.3, 0.4) is 0 Å². The van der Waals surface area contributed by atoms with E-state index in [2.05, 4.69) is 134 Å². The number of fused-ring (bicyclic) bond motifs is 14. The van der Waals surface area contributed by atoms with E-state index in [1.165, 1.54) is 58.2 Å². The minimum absolute atomic E-state index is 0.880. The number of aromatic nitrogens is 2. The van der Waals surface area contributed by atoms with Gasteiger partial charge in [0.25, 0.3) is 0 Å². The summed E-state index contributed by atoms with van der Waals surface area (Å²) in [5.74, 6) is 0. The highest BCUT2D eigenvalue weighted by Crippen LogP contribution is 2.50. The predicted molar refractivity (Wildman–Crippen MR) is 204 cm³/mol. The van der Waals surface area contributed by atoms with Crippen LogP contribution in [0.5, 0.6) is 0 Å². The summed E-state index contributed by atoms with van der Waals surface area (Å²) in [6.45, 7) is 8.59. The Balaban J connectivity index is 1.25. The molecule has 0 aliphatic carbocycles. The van der Waals surface area contributed by atoms with E-state index < -0.39 is 0 Å². The molecular weight excluding hydrogens is 629 g/mol. The topological polar surface area (TPSA) is 36.1 Å². The first kappa shape index (κ1) is 26.7. The molecule has 0 unspecified atom stereocenters. The minimum Gasteiger partial charge on any atom is -0.453 e. The van der Waals surface area contributed by atoms with Crippen molar-refractivity contribution in [1.82, 2.24) is 9.13 Å². The van der Waals surface area contributed by atoms with Gasteiger partial charge in [-0.1, -0.05) is 59.7 Å². The number of furan rings is 2. The lowest BCUT2D eigenvalue weighted by Crippen LogP contribution is -1.93. The number of nitrogens with zero attached hydrogens (tertiary/aromatic N) is 2. The van der Waals surface area contributed by atoms with E-state index in [9.17, 15) is 0 Å². The Kier molecular flexibility index (Phi) is 5.12. The predicted octanol–water partition coefficient (Wildman–Crippen LogP) is 13.0. The van der Waals surface area contributed by atoms with Crippen molar-refractivity contribution in [3.8, 4) is 11.4 Å². The fourth-order valence-corrected chi connectivity index (χ4v) is 10.2. The fourth-order valence-electron chi connectivity index (χ4n) is 7.65. The van der Waals surface area contributed by atoms with Gasteiger partial charge in [0.05, 0.1) is 25.1 Å². The Bertz CT molecular complexity index is 3140. The first-order chi connectivity index (χ1) is 23.4. The smallest absolute Gasteiger partial charge is 0.171 e. The second-order valence-corrected chi connectivity index (χ2v) is 15.4. The zero-order valence-electron chi connectivity index (χ0n) is 26.8. The summed E-state index contributed by atoms with van der Waals surface area (Å²) in [7, 11) is 0. The van der Waals surface area contributed by atoms with Crippen LogP contribution in [-0.4, -0.2) is 9.13 Å². The molecule has 0 N–H and O–H groups in total. The summed E-state index contributed by atoms with van der Waals surface area (Å²) >= 11 is 3.63. The largest absolute Gasteiger partial charge is 0.453 e. The van der Waals surface area contributed by atoms with E-state index in [4.69, 9.17) is 8.83 Å². The van der Waals surface area contributed by atoms with Crippen LogP contribution >= 0.6 is 22.7 Å². The van der Waals surface area contributed by atoms with Crippen molar-refractivity contribution in [2.45, 2.75) is 27.7 Å². The monoisotopic (exact) mass is 656 g/mol. The second-order valence-electron chi connectivity index (χ2n) is 13.3. The van der Waals surface area contributed by atoms with E-state index in [0.717, 1.165) is 60.2 Å². The summed E-state index contributed by atoms with van der Waals surface area (Å²) in [5, 5.41) is 4.66. The molecule has 48 heavy (non-hydrogen) atoms. The third-order valence-electron chi connectivity index (χ3n) is 9.98. The molecule has 0 saturated heterocycles. The molecule has 5 aromatic carbocycles. The van der Waals surface area contributed by atoms with Crippen molar-refractivity contribution < 1.29 is 8.83 Å². The normalized spacial score (nSPS) is 12.6. The van der Waals surface area contributed by atoms with Crippen molar-refractivity contribution >= 4 is 107 Å². The Morgan fingerprint density at radius 3 is 1.75 bits per heavy atom. The molecule has 0 aliphatic rings. The molecule has 0 aliphatic heterocycles. The van der Waals surface area contributed by atoms with Gasteiger partial charge in [-0.15, -0.1) is 22.7 Å². The van der Waals surface area contributed by atoms with Crippen LogP contribution in [0.4, 0.5) is 0 Å². The highest BCUT2D eigenvalue weighted by Gasteiger charge is 2.27. The third kappa shape index (κ3) is 3.43. The lowest BCUT2D eigenvalue weighted by Gasteiger charge is -2.08. The lowest BCUT2D eigenvalue weighted by atomic mass is 10.1. The van der Waals surface area contributed by atoms with E-state index in [0.29, 0.717) is 0 Å². The van der Waals surface area contributed by atoms with Gasteiger partial charge in [0.2, 0.25) is 0 Å². The van der Waals surface area contributed by atoms with Crippen LogP contribution in [0.2, 0.25) is 0 Å². The van der Waals surface area contributed by atoms with E-state index in [1.54, 1.807) is 0 Å². The van der Waals surface area contributed by atoms with Gasteiger partial charge in [0, 0.05) is 37.6 Å². The Morgan fingerprint density at radius 1 is 0.438 bits per heavy atom. The second kappa shape index (κ2) is 9.19. The van der Waals surface area contributed by atoms with Gasteiger partial charge in [-0.3, -0.25) is 0 Å². The van der Waals surface area contributed by atoms with Crippen LogP contribution in [0.15, 0.2) is 106 Å². The number of aryl methyl sites for hydroxylation is 4. The van der Waals surface area contributed by atoms with E-state index in [-0.39, 0.29) is 0 Å². The quantitative estimate of drug-likeness (QED) is 0.186. The molecule has 11 rings (SSSR count). The molecule has 0 fully saturated rings. The SMILES string of the molecule is Cc1ccc(-n2c3cc(C)ccc3c3sc4c5cc6oc7c8sc9cc(C)ccc9c8n(-c8ccc(C)cc8)c7c6cc5oc4c32)cc1. The zero-order valence-corrected chi connectivity index (χ0v) is 28.4. The van der Waals surface area contributed by atoms with Crippen molar-refractivity contribution in [3.05, 3.63) is 119 Å². The first-order valence-corrected chi connectivity index (χ1v) is 17.9. The van der Waals surface area contributed by atoms with Gasteiger partial charge in [-0.2, -0.15) is 0 Å². The molecule has 11 aromatic rings. The third-order valence-corrected chi connectivity index (χ3v) is 12.3. The van der Waals surface area contributed by atoms with E-state index >= 15 is 0 Å². The Hall–Kier alpha value is -5.30. The average molecular weight is 657 g/mol. The molecular formula is C42H28N2O2S2. The molecule has 230 valence electrons. The maximum Gasteiger partial charge on any atom is 0.171 e. The molecule has 0 bridgehead atoms. The molecule has 0 spiro atoms. The molecule has 6 heterocycles. The van der Waals surface area contributed by atoms with Gasteiger partial charge >= 0.3 is 0 Å². The zero-order chi connectivity index (χ0) is 32.0. The van der Waals surface area contributed by atoms with Crippen molar-refractivity contribution in [1.29, 1.82) is 0 Å². The maximum absolute atomic E-state index is 6.92. The fraction of sp³-hybridized carbons (Fsp3) is 0.0952. The molecule has 4 nitrogen and oxygen atoms in total. The van der Waals surface area contributed by atoms with Crippen molar-refractivity contribution in [2.75, 3.05) is 0 Å². The van der Waals surface area contributed by atoms with Gasteiger partial charge < -0.3 is 18.0 Å².